The van der Waals surface area contributed by atoms with E-state index in [2.05, 4.69) is 31.9 Å². The predicted molar refractivity (Wildman–Crippen MR) is 82.5 cm³/mol. The normalized spacial score (nSPS) is 16.1. The monoisotopic (exact) mass is 403 g/mol. The molecule has 1 fully saturated rings. The summed E-state index contributed by atoms with van der Waals surface area (Å²) in [7, 11) is 1.40. The zero-order chi connectivity index (χ0) is 14.7. The number of amides is 1. The average molecular weight is 405 g/mol. The highest BCUT2D eigenvalue weighted by Gasteiger charge is 2.28. The number of likely N-dealkylation sites (tertiary alicyclic amines) is 1. The Kier molecular flexibility index (Phi) is 5.21. The summed E-state index contributed by atoms with van der Waals surface area (Å²) in [5, 5.41) is 0. The number of hydrogen-bond donors (Lipinski definition) is 0. The van der Waals surface area contributed by atoms with Crippen LogP contribution in [0.3, 0.4) is 0 Å². The topological polar surface area (TPSA) is 46.6 Å². The molecule has 1 aromatic carbocycles. The molecule has 0 saturated carbocycles. The van der Waals surface area contributed by atoms with Crippen LogP contribution >= 0.6 is 31.9 Å². The smallest absolute Gasteiger partial charge is 0.308 e. The third-order valence-electron chi connectivity index (χ3n) is 3.43. The molecular weight excluding hydrogens is 390 g/mol. The van der Waals surface area contributed by atoms with Gasteiger partial charge in [-0.05, 0) is 31.0 Å². The fraction of sp³-hybridized carbons (Fsp3) is 0.429. The van der Waals surface area contributed by atoms with E-state index in [4.69, 9.17) is 4.74 Å². The lowest BCUT2D eigenvalue weighted by Gasteiger charge is -2.30. The minimum absolute atomic E-state index is 0.00434. The molecule has 0 unspecified atom stereocenters. The van der Waals surface area contributed by atoms with Crippen molar-refractivity contribution >= 4 is 43.7 Å². The maximum atomic E-state index is 12.4. The number of carbonyl (C=O) groups excluding carboxylic acids is 2. The van der Waals surface area contributed by atoms with Gasteiger partial charge < -0.3 is 9.64 Å². The van der Waals surface area contributed by atoms with Gasteiger partial charge in [-0.1, -0.05) is 31.9 Å². The average Bonchev–Trinajstić information content (AvgIpc) is 2.45. The van der Waals surface area contributed by atoms with Crippen molar-refractivity contribution in [1.29, 1.82) is 0 Å². The second-order valence-corrected chi connectivity index (χ2v) is 6.58. The maximum absolute atomic E-state index is 12.4. The van der Waals surface area contributed by atoms with Crippen LogP contribution in [0.1, 0.15) is 23.2 Å². The van der Waals surface area contributed by atoms with Gasteiger partial charge >= 0.3 is 5.97 Å². The van der Waals surface area contributed by atoms with Crippen LogP contribution in [0.5, 0.6) is 0 Å². The van der Waals surface area contributed by atoms with E-state index in [0.29, 0.717) is 31.5 Å². The van der Waals surface area contributed by atoms with Crippen LogP contribution in [0.2, 0.25) is 0 Å². The molecule has 1 aliphatic heterocycles. The molecule has 0 N–H and O–H groups in total. The van der Waals surface area contributed by atoms with E-state index in [1.807, 2.05) is 6.07 Å². The molecule has 1 aliphatic rings. The van der Waals surface area contributed by atoms with Crippen LogP contribution in [-0.4, -0.2) is 37.0 Å². The number of rotatable bonds is 2. The lowest BCUT2D eigenvalue weighted by molar-refractivity contribution is -0.146. The highest BCUT2D eigenvalue weighted by atomic mass is 79.9. The van der Waals surface area contributed by atoms with Crippen molar-refractivity contribution in [1.82, 2.24) is 4.90 Å². The molecule has 4 nitrogen and oxygen atoms in total. The van der Waals surface area contributed by atoms with Gasteiger partial charge in [-0.25, -0.2) is 0 Å². The largest absolute Gasteiger partial charge is 0.469 e. The van der Waals surface area contributed by atoms with Crippen molar-refractivity contribution in [2.24, 2.45) is 5.92 Å². The number of carbonyl (C=O) groups is 2. The van der Waals surface area contributed by atoms with E-state index in [1.165, 1.54) is 7.11 Å². The van der Waals surface area contributed by atoms with Gasteiger partial charge in [0.25, 0.3) is 5.91 Å². The van der Waals surface area contributed by atoms with Crippen LogP contribution < -0.4 is 0 Å². The minimum atomic E-state index is -0.178. The molecule has 6 heteroatoms. The van der Waals surface area contributed by atoms with Gasteiger partial charge in [-0.3, -0.25) is 9.59 Å². The van der Waals surface area contributed by atoms with Crippen LogP contribution in [0.25, 0.3) is 0 Å². The van der Waals surface area contributed by atoms with Crippen molar-refractivity contribution in [2.45, 2.75) is 12.8 Å². The van der Waals surface area contributed by atoms with Gasteiger partial charge in [0, 0.05) is 27.6 Å². The van der Waals surface area contributed by atoms with Gasteiger partial charge in [0.15, 0.2) is 0 Å². The summed E-state index contributed by atoms with van der Waals surface area (Å²) >= 11 is 6.76. The minimum Gasteiger partial charge on any atom is -0.469 e. The Balaban J connectivity index is 2.03. The summed E-state index contributed by atoms with van der Waals surface area (Å²) in [6, 6.07) is 5.50. The molecular formula is C14H15Br2NO3. The highest BCUT2D eigenvalue weighted by molar-refractivity contribution is 9.11. The zero-order valence-electron chi connectivity index (χ0n) is 11.1. The number of esters is 1. The third-order valence-corrected chi connectivity index (χ3v) is 4.34. The summed E-state index contributed by atoms with van der Waals surface area (Å²) in [5.74, 6) is -0.268. The Bertz CT molecular complexity index is 505. The predicted octanol–water partition coefficient (Wildman–Crippen LogP) is 3.24. The lowest BCUT2D eigenvalue weighted by Crippen LogP contribution is -2.40. The molecule has 108 valence electrons. The van der Waals surface area contributed by atoms with E-state index < -0.39 is 0 Å². The molecule has 0 bridgehead atoms. The van der Waals surface area contributed by atoms with E-state index in [-0.39, 0.29) is 17.8 Å². The molecule has 0 atom stereocenters. The van der Waals surface area contributed by atoms with Crippen molar-refractivity contribution in [3.05, 3.63) is 32.7 Å². The molecule has 1 saturated heterocycles. The maximum Gasteiger partial charge on any atom is 0.308 e. The van der Waals surface area contributed by atoms with E-state index >= 15 is 0 Å². The first-order valence-corrected chi connectivity index (χ1v) is 7.93. The van der Waals surface area contributed by atoms with E-state index in [9.17, 15) is 9.59 Å². The molecule has 0 spiro atoms. The summed E-state index contributed by atoms with van der Waals surface area (Å²) in [6.45, 7) is 1.17. The van der Waals surface area contributed by atoms with Gasteiger partial charge in [0.1, 0.15) is 0 Å². The van der Waals surface area contributed by atoms with Crippen molar-refractivity contribution < 1.29 is 14.3 Å². The highest BCUT2D eigenvalue weighted by Crippen LogP contribution is 2.24. The van der Waals surface area contributed by atoms with Crippen LogP contribution in [-0.2, 0) is 9.53 Å². The fourth-order valence-corrected chi connectivity index (χ4v) is 3.64. The summed E-state index contributed by atoms with van der Waals surface area (Å²) in [5.41, 5.74) is 0.641. The quantitative estimate of drug-likeness (QED) is 0.711. The molecule has 1 heterocycles. The first-order chi connectivity index (χ1) is 9.51. The Morgan fingerprint density at radius 2 is 1.70 bits per heavy atom. The first kappa shape index (κ1) is 15.5. The SMILES string of the molecule is COC(=O)C1CCN(C(=O)c2cc(Br)cc(Br)c2)CC1. The summed E-state index contributed by atoms with van der Waals surface area (Å²) in [4.78, 5) is 25.7. The van der Waals surface area contributed by atoms with Gasteiger partial charge in [0.2, 0.25) is 0 Å². The number of hydrogen-bond acceptors (Lipinski definition) is 3. The van der Waals surface area contributed by atoms with Crippen LogP contribution in [0.4, 0.5) is 0 Å². The van der Waals surface area contributed by atoms with Gasteiger partial charge in [-0.2, -0.15) is 0 Å². The number of benzene rings is 1. The molecule has 20 heavy (non-hydrogen) atoms. The van der Waals surface area contributed by atoms with Crippen molar-refractivity contribution in [3.63, 3.8) is 0 Å². The van der Waals surface area contributed by atoms with E-state index in [1.54, 1.807) is 17.0 Å². The molecule has 1 amide bonds. The number of ether oxygens (including phenoxy) is 1. The second-order valence-electron chi connectivity index (χ2n) is 4.75. The molecule has 1 aromatic rings. The zero-order valence-corrected chi connectivity index (χ0v) is 14.2. The van der Waals surface area contributed by atoms with Crippen molar-refractivity contribution in [3.8, 4) is 0 Å². The Labute approximate surface area is 134 Å². The van der Waals surface area contributed by atoms with Crippen LogP contribution in [0.15, 0.2) is 27.1 Å². The lowest BCUT2D eigenvalue weighted by atomic mass is 9.96. The van der Waals surface area contributed by atoms with Crippen molar-refractivity contribution in [2.75, 3.05) is 20.2 Å². The fourth-order valence-electron chi connectivity index (χ4n) is 2.34. The van der Waals surface area contributed by atoms with Crippen LogP contribution in [0, 0.1) is 5.92 Å². The summed E-state index contributed by atoms with van der Waals surface area (Å²) in [6.07, 6.45) is 1.32. The van der Waals surface area contributed by atoms with Gasteiger partial charge in [0.05, 0.1) is 13.0 Å². The van der Waals surface area contributed by atoms with E-state index in [0.717, 1.165) is 8.95 Å². The Morgan fingerprint density at radius 3 is 2.20 bits per heavy atom. The molecule has 0 aliphatic carbocycles. The molecule has 0 aromatic heterocycles. The molecule has 2 rings (SSSR count). The number of methoxy groups -OCH3 is 1. The number of nitrogens with zero attached hydrogens (tertiary/aromatic N) is 1. The molecule has 0 radical (unpaired) electrons. The number of halogens is 2. The standard InChI is InChI=1S/C14H15Br2NO3/c1-20-14(19)9-2-4-17(5-3-9)13(18)10-6-11(15)8-12(16)7-10/h6-9H,2-5H2,1H3. The van der Waals surface area contributed by atoms with Gasteiger partial charge in [-0.15, -0.1) is 0 Å². The number of piperidine rings is 1. The first-order valence-electron chi connectivity index (χ1n) is 6.34. The Morgan fingerprint density at radius 1 is 1.15 bits per heavy atom. The summed E-state index contributed by atoms with van der Waals surface area (Å²) < 4.78 is 6.47. The Hall–Kier alpha value is -0.880. The second kappa shape index (κ2) is 6.72. The third kappa shape index (κ3) is 3.61.